The van der Waals surface area contributed by atoms with Crippen molar-refractivity contribution in [3.05, 3.63) is 53.9 Å². The van der Waals surface area contributed by atoms with Crippen molar-refractivity contribution in [2.24, 2.45) is 5.92 Å². The summed E-state index contributed by atoms with van der Waals surface area (Å²) in [7, 11) is 0. The van der Waals surface area contributed by atoms with E-state index in [1.165, 1.54) is 4.90 Å². The lowest BCUT2D eigenvalue weighted by atomic mass is 9.85. The van der Waals surface area contributed by atoms with E-state index < -0.39 is 0 Å². The second kappa shape index (κ2) is 12.5. The normalized spacial score (nSPS) is 21.0. The molecule has 3 N–H and O–H groups in total. The number of hydrogen-bond donors (Lipinski definition) is 3. The number of nitrogens with one attached hydrogen (secondary N) is 2. The lowest BCUT2D eigenvalue weighted by Crippen LogP contribution is -2.53. The van der Waals surface area contributed by atoms with Gasteiger partial charge in [0, 0.05) is 36.6 Å². The van der Waals surface area contributed by atoms with Crippen LogP contribution < -0.4 is 20.4 Å². The molecule has 38 heavy (non-hydrogen) atoms. The minimum Gasteiger partial charge on any atom is -0.396 e. The van der Waals surface area contributed by atoms with Gasteiger partial charge in [0.05, 0.1) is 24.0 Å². The van der Waals surface area contributed by atoms with Crippen molar-refractivity contribution in [1.29, 1.82) is 0 Å². The summed E-state index contributed by atoms with van der Waals surface area (Å²) in [5.74, 6) is -0.504. The van der Waals surface area contributed by atoms with E-state index in [0.29, 0.717) is 16.9 Å². The third-order valence-electron chi connectivity index (χ3n) is 7.90. The molecule has 1 fully saturated rings. The highest BCUT2D eigenvalue weighted by Crippen LogP contribution is 2.36. The van der Waals surface area contributed by atoms with Crippen molar-refractivity contribution < 1.29 is 19.5 Å². The number of carbonyl (C=O) groups excluding carboxylic acids is 3. The van der Waals surface area contributed by atoms with Crippen molar-refractivity contribution in [3.8, 4) is 0 Å². The topological polar surface area (TPSA) is 115 Å². The molecule has 0 saturated heterocycles. The van der Waals surface area contributed by atoms with Crippen molar-refractivity contribution in [2.75, 3.05) is 29.5 Å². The van der Waals surface area contributed by atoms with Gasteiger partial charge >= 0.3 is 0 Å². The molecule has 0 radical (unpaired) electrons. The third-order valence-corrected chi connectivity index (χ3v) is 7.90. The molecular weight excluding hydrogens is 482 g/mol. The Morgan fingerprint density at radius 3 is 2.55 bits per heavy atom. The molecule has 4 unspecified atom stereocenters. The highest BCUT2D eigenvalue weighted by molar-refractivity contribution is 6.13. The summed E-state index contributed by atoms with van der Waals surface area (Å²) in [6, 6.07) is 8.69. The number of fused-ring (bicyclic) bond motifs is 1. The molecule has 1 aliphatic heterocycles. The third kappa shape index (κ3) is 6.05. The molecule has 4 rings (SSSR count). The number of aromatic nitrogens is 1. The Kier molecular flexibility index (Phi) is 9.12. The van der Waals surface area contributed by atoms with Crippen LogP contribution >= 0.6 is 0 Å². The number of anilines is 2. The number of benzene rings is 1. The summed E-state index contributed by atoms with van der Waals surface area (Å²) in [6.07, 6.45) is 8.13. The predicted octanol–water partition coefficient (Wildman–Crippen LogP) is 3.19. The minimum atomic E-state index is -0.261. The number of rotatable bonds is 9. The molecule has 2 aliphatic rings. The van der Waals surface area contributed by atoms with Crippen LogP contribution in [0.15, 0.2) is 42.7 Å². The maximum absolute atomic E-state index is 13.5. The molecule has 1 saturated carbocycles. The number of amides is 3. The Hall–Kier alpha value is -3.30. The van der Waals surface area contributed by atoms with Crippen LogP contribution in [-0.2, 0) is 9.59 Å². The molecule has 3 amide bonds. The Morgan fingerprint density at radius 1 is 1.11 bits per heavy atom. The van der Waals surface area contributed by atoms with E-state index in [1.54, 1.807) is 35.5 Å². The fourth-order valence-electron chi connectivity index (χ4n) is 5.43. The average Bonchev–Trinajstić information content (AvgIpc) is 2.95. The van der Waals surface area contributed by atoms with Crippen LogP contribution in [-0.4, -0.2) is 59.6 Å². The van der Waals surface area contributed by atoms with Gasteiger partial charge in [-0.15, -0.1) is 0 Å². The first-order valence-corrected chi connectivity index (χ1v) is 13.7. The van der Waals surface area contributed by atoms with Gasteiger partial charge in [-0.2, -0.15) is 0 Å². The standard InChI is InChI=1S/C29H39N5O4/c1-4-19(2)34-25-10-9-22(29(38)32-20(3)21-11-13-30-14-12-21)15-26(25)33(17-28(34)37)27(36)16-31-24-8-6-5-7-23(24)18-35/h9-15,19-20,23-24,31,35H,4-8,16-18H2,1-3H3,(H,32,38). The van der Waals surface area contributed by atoms with E-state index in [1.807, 2.05) is 32.9 Å². The zero-order valence-electron chi connectivity index (χ0n) is 22.5. The highest BCUT2D eigenvalue weighted by Gasteiger charge is 2.35. The zero-order chi connectivity index (χ0) is 27.2. The summed E-state index contributed by atoms with van der Waals surface area (Å²) in [5.41, 5.74) is 2.55. The molecule has 2 aromatic rings. The second-order valence-electron chi connectivity index (χ2n) is 10.4. The number of carbonyl (C=O) groups is 3. The molecule has 0 bridgehead atoms. The molecule has 9 nitrogen and oxygen atoms in total. The van der Waals surface area contributed by atoms with Crippen molar-refractivity contribution in [3.63, 3.8) is 0 Å². The largest absolute Gasteiger partial charge is 0.396 e. The van der Waals surface area contributed by atoms with E-state index in [2.05, 4.69) is 15.6 Å². The van der Waals surface area contributed by atoms with Crippen LogP contribution in [0.5, 0.6) is 0 Å². The zero-order valence-corrected chi connectivity index (χ0v) is 22.5. The number of aliphatic hydroxyl groups is 1. The molecule has 9 heteroatoms. The van der Waals surface area contributed by atoms with Gasteiger partial charge in [-0.3, -0.25) is 24.3 Å². The Labute approximate surface area is 224 Å². The van der Waals surface area contributed by atoms with Gasteiger partial charge in [0.2, 0.25) is 11.8 Å². The summed E-state index contributed by atoms with van der Waals surface area (Å²) in [5, 5.41) is 16.1. The number of nitrogens with zero attached hydrogens (tertiary/aromatic N) is 3. The van der Waals surface area contributed by atoms with E-state index >= 15 is 0 Å². The second-order valence-corrected chi connectivity index (χ2v) is 10.4. The lowest BCUT2D eigenvalue weighted by molar-refractivity contribution is -0.122. The Morgan fingerprint density at radius 2 is 1.84 bits per heavy atom. The van der Waals surface area contributed by atoms with Crippen LogP contribution in [0.4, 0.5) is 11.4 Å². The van der Waals surface area contributed by atoms with Gasteiger partial charge in [0.15, 0.2) is 0 Å². The first-order valence-electron chi connectivity index (χ1n) is 13.7. The first kappa shape index (κ1) is 27.7. The van der Waals surface area contributed by atoms with Crippen LogP contribution in [0.3, 0.4) is 0 Å². The first-order chi connectivity index (χ1) is 18.3. The maximum Gasteiger partial charge on any atom is 0.251 e. The average molecular weight is 522 g/mol. The number of aliphatic hydroxyl groups excluding tert-OH is 1. The Balaban J connectivity index is 1.58. The SMILES string of the molecule is CCC(C)N1C(=O)CN(C(=O)CNC2CCCCC2CO)c2cc(C(=O)NC(C)c3ccncc3)ccc21. The van der Waals surface area contributed by atoms with Crippen molar-refractivity contribution in [1.82, 2.24) is 15.6 Å². The van der Waals surface area contributed by atoms with E-state index in [9.17, 15) is 19.5 Å². The molecule has 1 aliphatic carbocycles. The molecule has 0 spiro atoms. The van der Waals surface area contributed by atoms with Crippen molar-refractivity contribution in [2.45, 2.75) is 71.0 Å². The van der Waals surface area contributed by atoms with Crippen LogP contribution in [0.1, 0.15) is 74.8 Å². The predicted molar refractivity (Wildman–Crippen MR) is 147 cm³/mol. The highest BCUT2D eigenvalue weighted by atomic mass is 16.3. The quantitative estimate of drug-likeness (QED) is 0.467. The maximum atomic E-state index is 13.5. The van der Waals surface area contributed by atoms with Gasteiger partial charge in [-0.1, -0.05) is 19.8 Å². The summed E-state index contributed by atoms with van der Waals surface area (Å²) >= 11 is 0. The van der Waals surface area contributed by atoms with Crippen LogP contribution in [0.25, 0.3) is 0 Å². The smallest absolute Gasteiger partial charge is 0.251 e. The summed E-state index contributed by atoms with van der Waals surface area (Å²) in [6.45, 7) is 5.98. The van der Waals surface area contributed by atoms with Gasteiger partial charge in [-0.05, 0) is 74.9 Å². The molecule has 1 aromatic carbocycles. The minimum absolute atomic E-state index is 0.0458. The molecule has 4 atom stereocenters. The van der Waals surface area contributed by atoms with E-state index in [4.69, 9.17) is 0 Å². The van der Waals surface area contributed by atoms with Crippen LogP contribution in [0.2, 0.25) is 0 Å². The Bertz CT molecular complexity index is 1140. The number of pyridine rings is 1. The van der Waals surface area contributed by atoms with Gasteiger partial charge in [0.1, 0.15) is 6.54 Å². The molecular formula is C29H39N5O4. The fourth-order valence-corrected chi connectivity index (χ4v) is 5.43. The molecule has 1 aromatic heterocycles. The number of hydrogen-bond acceptors (Lipinski definition) is 6. The van der Waals surface area contributed by atoms with Gasteiger partial charge < -0.3 is 20.6 Å². The van der Waals surface area contributed by atoms with E-state index in [0.717, 1.165) is 37.7 Å². The summed E-state index contributed by atoms with van der Waals surface area (Å²) in [4.78, 5) is 47.1. The van der Waals surface area contributed by atoms with Gasteiger partial charge in [-0.25, -0.2) is 0 Å². The lowest BCUT2D eigenvalue weighted by Gasteiger charge is -2.39. The molecule has 2 heterocycles. The monoisotopic (exact) mass is 521 g/mol. The van der Waals surface area contributed by atoms with Crippen LogP contribution in [0, 0.1) is 5.92 Å². The molecule has 204 valence electrons. The van der Waals surface area contributed by atoms with Crippen molar-refractivity contribution >= 4 is 29.1 Å². The summed E-state index contributed by atoms with van der Waals surface area (Å²) < 4.78 is 0. The van der Waals surface area contributed by atoms with E-state index in [-0.39, 0.29) is 61.5 Å². The van der Waals surface area contributed by atoms with Gasteiger partial charge in [0.25, 0.3) is 5.91 Å². The fraction of sp³-hybridized carbons (Fsp3) is 0.517.